The average Bonchev–Trinajstić information content (AvgIpc) is 2.25. The lowest BCUT2D eigenvalue weighted by Gasteiger charge is -2.17. The van der Waals surface area contributed by atoms with Gasteiger partial charge in [0, 0.05) is 0 Å². The van der Waals surface area contributed by atoms with Gasteiger partial charge in [0.15, 0.2) is 6.29 Å². The van der Waals surface area contributed by atoms with E-state index in [4.69, 9.17) is 14.6 Å². The maximum Gasteiger partial charge on any atom is 0.188 e. The van der Waals surface area contributed by atoms with Gasteiger partial charge in [0.1, 0.15) is 12.2 Å². The second-order valence-corrected chi connectivity index (χ2v) is 2.25. The Hall–Kier alpha value is -0.380. The molecule has 0 aliphatic carbocycles. The summed E-state index contributed by atoms with van der Waals surface area (Å²) in [5.41, 5.74) is 0. The van der Waals surface area contributed by atoms with Gasteiger partial charge >= 0.3 is 0 Å². The lowest BCUT2D eigenvalue weighted by atomic mass is 10.2. The minimum absolute atomic E-state index is 0.0819. The maximum absolute atomic E-state index is 9.06. The maximum atomic E-state index is 9.06. The average molecular weight is 128 g/mol. The van der Waals surface area contributed by atoms with Gasteiger partial charge in [-0.05, 0) is 0 Å². The van der Waals surface area contributed by atoms with Crippen molar-refractivity contribution in [1.29, 1.82) is 0 Å². The first kappa shape index (κ1) is 5.41. The molecule has 3 atom stereocenters. The van der Waals surface area contributed by atoms with Crippen molar-refractivity contribution in [1.82, 2.24) is 0 Å². The summed E-state index contributed by atoms with van der Waals surface area (Å²) in [4.78, 5) is 0. The Balaban J connectivity index is 2.19. The van der Waals surface area contributed by atoms with Crippen LogP contribution in [0.5, 0.6) is 0 Å². The molecule has 0 unspecified atom stereocenters. The van der Waals surface area contributed by atoms with Crippen LogP contribution >= 0.6 is 0 Å². The number of ether oxygens (including phenoxy) is 2. The largest absolute Gasteiger partial charge is 0.384 e. The normalized spacial score (nSPS) is 47.9. The minimum Gasteiger partial charge on any atom is -0.384 e. The Morgan fingerprint density at radius 2 is 2.33 bits per heavy atom. The van der Waals surface area contributed by atoms with E-state index in [2.05, 4.69) is 0 Å². The molecule has 2 rings (SSSR count). The van der Waals surface area contributed by atoms with Gasteiger partial charge in [-0.2, -0.15) is 0 Å². The van der Waals surface area contributed by atoms with Gasteiger partial charge in [0.25, 0.3) is 0 Å². The van der Waals surface area contributed by atoms with Crippen molar-refractivity contribution in [3.63, 3.8) is 0 Å². The van der Waals surface area contributed by atoms with Crippen molar-refractivity contribution < 1.29 is 14.6 Å². The third kappa shape index (κ3) is 0.775. The van der Waals surface area contributed by atoms with Crippen LogP contribution < -0.4 is 0 Å². The summed E-state index contributed by atoms with van der Waals surface area (Å²) in [7, 11) is 0. The van der Waals surface area contributed by atoms with Crippen LogP contribution in [0.15, 0.2) is 12.2 Å². The Labute approximate surface area is 52.9 Å². The smallest absolute Gasteiger partial charge is 0.188 e. The van der Waals surface area contributed by atoms with Gasteiger partial charge in [0.2, 0.25) is 0 Å². The highest BCUT2D eigenvalue weighted by molar-refractivity contribution is 5.02. The van der Waals surface area contributed by atoms with Crippen LogP contribution in [0.2, 0.25) is 0 Å². The third-order valence-electron chi connectivity index (χ3n) is 1.54. The number of aliphatic hydroxyl groups is 1. The fourth-order valence-corrected chi connectivity index (χ4v) is 1.05. The van der Waals surface area contributed by atoms with Gasteiger partial charge in [0.05, 0.1) is 6.61 Å². The lowest BCUT2D eigenvalue weighted by Crippen LogP contribution is -2.28. The topological polar surface area (TPSA) is 38.7 Å². The highest BCUT2D eigenvalue weighted by Gasteiger charge is 2.32. The summed E-state index contributed by atoms with van der Waals surface area (Å²) >= 11 is 0. The Kier molecular flexibility index (Phi) is 1.08. The van der Waals surface area contributed by atoms with Crippen LogP contribution in [0.4, 0.5) is 0 Å². The zero-order valence-electron chi connectivity index (χ0n) is 4.86. The second-order valence-electron chi connectivity index (χ2n) is 2.25. The third-order valence-corrected chi connectivity index (χ3v) is 1.54. The van der Waals surface area contributed by atoms with Crippen LogP contribution in [0, 0.1) is 0 Å². The Bertz CT molecular complexity index is 143. The van der Waals surface area contributed by atoms with E-state index in [1.165, 1.54) is 0 Å². The van der Waals surface area contributed by atoms with E-state index < -0.39 is 12.4 Å². The first-order valence-corrected chi connectivity index (χ1v) is 3.00. The number of fused-ring (bicyclic) bond motifs is 2. The molecule has 0 saturated carbocycles. The molecule has 2 aliphatic heterocycles. The van der Waals surface area contributed by atoms with E-state index in [-0.39, 0.29) is 6.10 Å². The van der Waals surface area contributed by atoms with E-state index in [1.807, 2.05) is 6.08 Å². The van der Waals surface area contributed by atoms with E-state index in [0.717, 1.165) is 0 Å². The zero-order valence-corrected chi connectivity index (χ0v) is 4.86. The highest BCUT2D eigenvalue weighted by Crippen LogP contribution is 2.20. The van der Waals surface area contributed by atoms with Gasteiger partial charge in [-0.3, -0.25) is 0 Å². The number of rotatable bonds is 0. The molecular formula is C6H8O3. The molecule has 2 heterocycles. The van der Waals surface area contributed by atoms with Crippen molar-refractivity contribution >= 4 is 0 Å². The molecule has 2 bridgehead atoms. The molecule has 50 valence electrons. The summed E-state index contributed by atoms with van der Waals surface area (Å²) < 4.78 is 10.2. The summed E-state index contributed by atoms with van der Waals surface area (Å²) in [5.74, 6) is 0. The van der Waals surface area contributed by atoms with Crippen molar-refractivity contribution in [3.8, 4) is 0 Å². The highest BCUT2D eigenvalue weighted by atomic mass is 16.7. The van der Waals surface area contributed by atoms with Crippen molar-refractivity contribution in [2.75, 3.05) is 6.61 Å². The second kappa shape index (κ2) is 1.80. The first-order chi connectivity index (χ1) is 4.36. The van der Waals surface area contributed by atoms with Crippen molar-refractivity contribution in [3.05, 3.63) is 12.2 Å². The van der Waals surface area contributed by atoms with E-state index in [0.29, 0.717) is 6.61 Å². The van der Waals surface area contributed by atoms with E-state index in [1.54, 1.807) is 6.08 Å². The fraction of sp³-hybridized carbons (Fsp3) is 0.667. The molecule has 1 saturated heterocycles. The number of aliphatic hydroxyl groups excluding tert-OH is 1. The molecule has 0 aromatic heterocycles. The monoisotopic (exact) mass is 128 g/mol. The molecule has 3 nitrogen and oxygen atoms in total. The molecule has 1 fully saturated rings. The molecule has 2 aliphatic rings. The van der Waals surface area contributed by atoms with Crippen LogP contribution in [-0.2, 0) is 9.47 Å². The zero-order chi connectivity index (χ0) is 6.27. The molecule has 3 heteroatoms. The van der Waals surface area contributed by atoms with E-state index in [9.17, 15) is 0 Å². The predicted octanol–water partition coefficient (Wildman–Crippen LogP) is -0.341. The molecule has 0 radical (unpaired) electrons. The molecule has 0 aromatic carbocycles. The van der Waals surface area contributed by atoms with Gasteiger partial charge in [-0.15, -0.1) is 0 Å². The predicted molar refractivity (Wildman–Crippen MR) is 29.8 cm³/mol. The molecule has 1 N–H and O–H groups in total. The van der Waals surface area contributed by atoms with Crippen molar-refractivity contribution in [2.24, 2.45) is 0 Å². The molecule has 0 spiro atoms. The van der Waals surface area contributed by atoms with Crippen LogP contribution in [0.1, 0.15) is 0 Å². The van der Waals surface area contributed by atoms with Gasteiger partial charge in [-0.1, -0.05) is 12.2 Å². The van der Waals surface area contributed by atoms with E-state index >= 15 is 0 Å². The molecular weight excluding hydrogens is 120 g/mol. The summed E-state index contributed by atoms with van der Waals surface area (Å²) in [6.45, 7) is 0.582. The molecule has 0 aromatic rings. The summed E-state index contributed by atoms with van der Waals surface area (Å²) in [6, 6.07) is 0. The first-order valence-electron chi connectivity index (χ1n) is 3.00. The lowest BCUT2D eigenvalue weighted by molar-refractivity contribution is -0.115. The van der Waals surface area contributed by atoms with Crippen LogP contribution in [0.3, 0.4) is 0 Å². The quantitative estimate of drug-likeness (QED) is 0.453. The summed E-state index contributed by atoms with van der Waals surface area (Å²) in [5, 5.41) is 9.06. The Morgan fingerprint density at radius 3 is 3.11 bits per heavy atom. The number of hydrogen-bond acceptors (Lipinski definition) is 3. The van der Waals surface area contributed by atoms with Gasteiger partial charge < -0.3 is 14.6 Å². The SMILES string of the molecule is O[C@@H]1C=C[C@@H]2CO[C@@H]1O2. The van der Waals surface area contributed by atoms with Crippen LogP contribution in [-0.4, -0.2) is 30.2 Å². The summed E-state index contributed by atoms with van der Waals surface area (Å²) in [6.07, 6.45) is 2.65. The standard InChI is InChI=1S/C6H8O3/c7-5-2-1-4-3-8-6(5)9-4/h1-2,4-7H,3H2/t4-,5-,6-/m1/s1. The minimum atomic E-state index is -0.566. The number of hydrogen-bond donors (Lipinski definition) is 1. The van der Waals surface area contributed by atoms with Crippen molar-refractivity contribution in [2.45, 2.75) is 18.5 Å². The van der Waals surface area contributed by atoms with Crippen LogP contribution in [0.25, 0.3) is 0 Å². The fourth-order valence-electron chi connectivity index (χ4n) is 1.05. The Morgan fingerprint density at radius 1 is 1.44 bits per heavy atom. The van der Waals surface area contributed by atoms with Gasteiger partial charge in [-0.25, -0.2) is 0 Å². The molecule has 0 amide bonds. The molecule has 9 heavy (non-hydrogen) atoms.